The molecule has 2 aliphatic rings. The van der Waals surface area contributed by atoms with Gasteiger partial charge in [0.15, 0.2) is 0 Å². The fourth-order valence-corrected chi connectivity index (χ4v) is 3.10. The van der Waals surface area contributed by atoms with Crippen LogP contribution >= 0.6 is 0 Å². The largest absolute Gasteiger partial charge is 0.393 e. The second-order valence-electron chi connectivity index (χ2n) is 5.74. The van der Waals surface area contributed by atoms with E-state index >= 15 is 0 Å². The molecule has 2 unspecified atom stereocenters. The van der Waals surface area contributed by atoms with Crippen LogP contribution in [0.1, 0.15) is 52.4 Å². The highest BCUT2D eigenvalue weighted by Crippen LogP contribution is 2.36. The van der Waals surface area contributed by atoms with Crippen LogP contribution in [0, 0.1) is 5.92 Å². The van der Waals surface area contributed by atoms with Crippen molar-refractivity contribution in [3.05, 3.63) is 0 Å². The number of aliphatic hydroxyl groups excluding tert-OH is 1. The van der Waals surface area contributed by atoms with E-state index in [9.17, 15) is 9.90 Å². The van der Waals surface area contributed by atoms with Crippen molar-refractivity contribution >= 4 is 5.91 Å². The van der Waals surface area contributed by atoms with Gasteiger partial charge in [0.2, 0.25) is 5.91 Å². The standard InChI is InChI=1S/C13H23NO2/c1-9(2)3-6-13(16)14-10-4-5-11(14)8-12(15)7-10/h9-12,15H,3-8H2,1-2H3. The van der Waals surface area contributed by atoms with Crippen molar-refractivity contribution < 1.29 is 9.90 Å². The van der Waals surface area contributed by atoms with Gasteiger partial charge in [-0.2, -0.15) is 0 Å². The monoisotopic (exact) mass is 225 g/mol. The first-order chi connectivity index (χ1) is 7.58. The lowest BCUT2D eigenvalue weighted by atomic mass is 9.98. The molecule has 1 amide bonds. The van der Waals surface area contributed by atoms with Crippen molar-refractivity contribution in [3.63, 3.8) is 0 Å². The van der Waals surface area contributed by atoms with Gasteiger partial charge in [-0.05, 0) is 38.0 Å². The summed E-state index contributed by atoms with van der Waals surface area (Å²) in [6.45, 7) is 4.31. The van der Waals surface area contributed by atoms with Gasteiger partial charge in [-0.1, -0.05) is 13.8 Å². The normalized spacial score (nSPS) is 33.5. The number of nitrogens with zero attached hydrogens (tertiary/aromatic N) is 1. The van der Waals surface area contributed by atoms with Gasteiger partial charge in [0, 0.05) is 18.5 Å². The van der Waals surface area contributed by atoms with Crippen LogP contribution in [0.15, 0.2) is 0 Å². The third-order valence-corrected chi connectivity index (χ3v) is 3.93. The van der Waals surface area contributed by atoms with E-state index in [1.807, 2.05) is 0 Å². The number of piperidine rings is 1. The van der Waals surface area contributed by atoms with E-state index < -0.39 is 0 Å². The zero-order valence-electron chi connectivity index (χ0n) is 10.4. The summed E-state index contributed by atoms with van der Waals surface area (Å²) >= 11 is 0. The van der Waals surface area contributed by atoms with Crippen LogP contribution in [0.25, 0.3) is 0 Å². The Balaban J connectivity index is 1.92. The van der Waals surface area contributed by atoms with Crippen molar-refractivity contribution in [2.45, 2.75) is 70.6 Å². The Kier molecular flexibility index (Phi) is 3.53. The second kappa shape index (κ2) is 4.74. The molecule has 0 aromatic carbocycles. The summed E-state index contributed by atoms with van der Waals surface area (Å²) < 4.78 is 0. The molecule has 0 radical (unpaired) electrons. The number of hydrogen-bond acceptors (Lipinski definition) is 2. The number of aliphatic hydroxyl groups is 1. The molecule has 2 fully saturated rings. The predicted molar refractivity (Wildman–Crippen MR) is 63.0 cm³/mol. The highest BCUT2D eigenvalue weighted by molar-refractivity contribution is 5.77. The van der Waals surface area contributed by atoms with Gasteiger partial charge in [-0.3, -0.25) is 4.79 Å². The molecule has 0 aromatic rings. The highest BCUT2D eigenvalue weighted by Gasteiger charge is 2.42. The Hall–Kier alpha value is -0.570. The zero-order chi connectivity index (χ0) is 11.7. The minimum absolute atomic E-state index is 0.174. The van der Waals surface area contributed by atoms with Crippen LogP contribution in [0.5, 0.6) is 0 Å². The number of fused-ring (bicyclic) bond motifs is 2. The van der Waals surface area contributed by atoms with Gasteiger partial charge in [0.05, 0.1) is 6.10 Å². The maximum atomic E-state index is 12.1. The second-order valence-corrected chi connectivity index (χ2v) is 5.74. The van der Waals surface area contributed by atoms with Crippen molar-refractivity contribution in [2.24, 2.45) is 5.92 Å². The topological polar surface area (TPSA) is 40.5 Å². The van der Waals surface area contributed by atoms with Gasteiger partial charge >= 0.3 is 0 Å². The van der Waals surface area contributed by atoms with Crippen molar-refractivity contribution in [1.29, 1.82) is 0 Å². The number of hydrogen-bond donors (Lipinski definition) is 1. The van der Waals surface area contributed by atoms with Crippen LogP contribution < -0.4 is 0 Å². The van der Waals surface area contributed by atoms with Crippen molar-refractivity contribution in [2.75, 3.05) is 0 Å². The molecule has 2 aliphatic heterocycles. The predicted octanol–water partition coefficient (Wildman–Crippen LogP) is 1.94. The van der Waals surface area contributed by atoms with Crippen molar-refractivity contribution in [3.8, 4) is 0 Å². The van der Waals surface area contributed by atoms with Crippen molar-refractivity contribution in [1.82, 2.24) is 4.90 Å². The van der Waals surface area contributed by atoms with Gasteiger partial charge in [-0.25, -0.2) is 0 Å². The fraction of sp³-hybridized carbons (Fsp3) is 0.923. The first-order valence-electron chi connectivity index (χ1n) is 6.57. The molecule has 0 spiro atoms. The molecular weight excluding hydrogens is 202 g/mol. The Morgan fingerprint density at radius 2 is 1.88 bits per heavy atom. The molecule has 3 nitrogen and oxygen atoms in total. The molecule has 92 valence electrons. The smallest absolute Gasteiger partial charge is 0.223 e. The summed E-state index contributed by atoms with van der Waals surface area (Å²) in [4.78, 5) is 14.2. The molecular formula is C13H23NO2. The molecule has 0 aromatic heterocycles. The SMILES string of the molecule is CC(C)CCC(=O)N1C2CCC1CC(O)C2. The summed E-state index contributed by atoms with van der Waals surface area (Å²) in [5.41, 5.74) is 0. The highest BCUT2D eigenvalue weighted by atomic mass is 16.3. The summed E-state index contributed by atoms with van der Waals surface area (Å²) in [5, 5.41) is 9.67. The van der Waals surface area contributed by atoms with E-state index in [4.69, 9.17) is 0 Å². The van der Waals surface area contributed by atoms with E-state index in [2.05, 4.69) is 18.7 Å². The zero-order valence-corrected chi connectivity index (χ0v) is 10.4. The molecule has 2 bridgehead atoms. The van der Waals surface area contributed by atoms with Crippen LogP contribution in [-0.2, 0) is 4.79 Å². The molecule has 2 atom stereocenters. The van der Waals surface area contributed by atoms with Gasteiger partial charge in [0.25, 0.3) is 0 Å². The Bertz CT molecular complexity index is 251. The summed E-state index contributed by atoms with van der Waals surface area (Å²) in [5.74, 6) is 0.907. The number of carbonyl (C=O) groups is 1. The minimum Gasteiger partial charge on any atom is -0.393 e. The first kappa shape index (κ1) is 11.9. The molecule has 3 heteroatoms. The summed E-state index contributed by atoms with van der Waals surface area (Å²) in [6, 6.07) is 0.654. The summed E-state index contributed by atoms with van der Waals surface area (Å²) in [7, 11) is 0. The fourth-order valence-electron chi connectivity index (χ4n) is 3.10. The average molecular weight is 225 g/mol. The molecule has 2 saturated heterocycles. The first-order valence-corrected chi connectivity index (χ1v) is 6.57. The Labute approximate surface area is 97.8 Å². The van der Waals surface area contributed by atoms with E-state index in [1.165, 1.54) is 0 Å². The number of rotatable bonds is 3. The molecule has 0 aliphatic carbocycles. The van der Waals surface area contributed by atoms with Crippen LogP contribution in [0.2, 0.25) is 0 Å². The molecule has 2 rings (SSSR count). The molecule has 2 heterocycles. The minimum atomic E-state index is -0.174. The van der Waals surface area contributed by atoms with Gasteiger partial charge in [0.1, 0.15) is 0 Å². The van der Waals surface area contributed by atoms with Gasteiger partial charge < -0.3 is 10.0 Å². The maximum absolute atomic E-state index is 12.1. The molecule has 1 N–H and O–H groups in total. The maximum Gasteiger partial charge on any atom is 0.223 e. The lowest BCUT2D eigenvalue weighted by Crippen LogP contribution is -2.47. The van der Waals surface area contributed by atoms with E-state index in [0.29, 0.717) is 30.3 Å². The van der Waals surface area contributed by atoms with Gasteiger partial charge in [-0.15, -0.1) is 0 Å². The number of carbonyl (C=O) groups excluding carboxylic acids is 1. The van der Waals surface area contributed by atoms with Crippen LogP contribution in [0.4, 0.5) is 0 Å². The number of amides is 1. The summed E-state index contributed by atoms with van der Waals surface area (Å²) in [6.07, 6.45) is 5.27. The Morgan fingerprint density at radius 3 is 2.38 bits per heavy atom. The molecule has 16 heavy (non-hydrogen) atoms. The Morgan fingerprint density at radius 1 is 1.31 bits per heavy atom. The lowest BCUT2D eigenvalue weighted by Gasteiger charge is -2.37. The average Bonchev–Trinajstić information content (AvgIpc) is 2.48. The van der Waals surface area contributed by atoms with E-state index in [0.717, 1.165) is 32.1 Å². The van der Waals surface area contributed by atoms with E-state index in [-0.39, 0.29) is 6.10 Å². The lowest BCUT2D eigenvalue weighted by molar-refractivity contribution is -0.137. The molecule has 0 saturated carbocycles. The third kappa shape index (κ3) is 2.40. The van der Waals surface area contributed by atoms with Crippen LogP contribution in [0.3, 0.4) is 0 Å². The van der Waals surface area contributed by atoms with Crippen LogP contribution in [-0.4, -0.2) is 34.1 Å². The quantitative estimate of drug-likeness (QED) is 0.797. The van der Waals surface area contributed by atoms with E-state index in [1.54, 1.807) is 0 Å². The third-order valence-electron chi connectivity index (χ3n) is 3.93.